The van der Waals surface area contributed by atoms with Gasteiger partial charge in [-0.3, -0.25) is 4.79 Å². The number of amides is 1. The molecule has 0 N–H and O–H groups in total. The van der Waals surface area contributed by atoms with Crippen LogP contribution in [0.25, 0.3) is 0 Å². The van der Waals surface area contributed by atoms with Crippen LogP contribution in [0, 0.1) is 0 Å². The molecule has 0 unspecified atom stereocenters. The fraction of sp³-hybridized carbons (Fsp3) is 0.583. The topological polar surface area (TPSA) is 33.5 Å². The third kappa shape index (κ3) is 2.88. The molecule has 1 amide bonds. The van der Waals surface area contributed by atoms with E-state index in [1.165, 1.54) is 19.3 Å². The minimum atomic E-state index is 0.0209. The predicted octanol–water partition coefficient (Wildman–Crippen LogP) is 3.45. The molecule has 3 nitrogen and oxygen atoms in total. The maximum Gasteiger partial charge on any atom is 0.289 e. The van der Waals surface area contributed by atoms with Gasteiger partial charge in [-0.1, -0.05) is 19.3 Å². The second-order valence-electron chi connectivity index (χ2n) is 4.16. The number of nitrogens with zero attached hydrogens (tertiary/aromatic N) is 1. The first kappa shape index (κ1) is 11.7. The molecule has 1 aliphatic rings. The molecule has 0 bridgehead atoms. The number of hydrogen-bond donors (Lipinski definition) is 0. The maximum atomic E-state index is 12.1. The number of halogens is 1. The molecular weight excluding hydrogens is 270 g/mol. The quantitative estimate of drug-likeness (QED) is 0.792. The van der Waals surface area contributed by atoms with Crippen LogP contribution in [0.1, 0.15) is 42.7 Å². The number of hydrogen-bond acceptors (Lipinski definition) is 2. The molecule has 1 saturated heterocycles. The normalized spacial score (nSPS) is 17.9. The molecule has 88 valence electrons. The van der Waals surface area contributed by atoms with Gasteiger partial charge in [-0.05, 0) is 40.9 Å². The maximum absolute atomic E-state index is 12.1. The molecule has 2 heterocycles. The first-order valence-corrected chi connectivity index (χ1v) is 6.61. The molecule has 2 rings (SSSR count). The van der Waals surface area contributed by atoms with Gasteiger partial charge in [-0.2, -0.15) is 0 Å². The number of carbonyl (C=O) groups excluding carboxylic acids is 1. The van der Waals surface area contributed by atoms with Gasteiger partial charge in [0.1, 0.15) is 0 Å². The zero-order valence-corrected chi connectivity index (χ0v) is 10.8. The highest BCUT2D eigenvalue weighted by Gasteiger charge is 2.19. The van der Waals surface area contributed by atoms with Gasteiger partial charge < -0.3 is 9.32 Å². The van der Waals surface area contributed by atoms with E-state index in [4.69, 9.17) is 4.42 Å². The Morgan fingerprint density at radius 1 is 1.12 bits per heavy atom. The molecule has 0 radical (unpaired) electrons. The van der Waals surface area contributed by atoms with E-state index in [1.54, 1.807) is 12.1 Å². The SMILES string of the molecule is O=C(c1ccc(Br)o1)N1CCCCCCC1. The van der Waals surface area contributed by atoms with E-state index in [1.807, 2.05) is 4.90 Å². The van der Waals surface area contributed by atoms with Gasteiger partial charge in [0.15, 0.2) is 10.4 Å². The Morgan fingerprint density at radius 2 is 1.75 bits per heavy atom. The van der Waals surface area contributed by atoms with Crippen LogP contribution in [-0.4, -0.2) is 23.9 Å². The van der Waals surface area contributed by atoms with Crippen molar-refractivity contribution in [3.8, 4) is 0 Å². The van der Waals surface area contributed by atoms with Gasteiger partial charge >= 0.3 is 0 Å². The summed E-state index contributed by atoms with van der Waals surface area (Å²) in [5.74, 6) is 0.458. The van der Waals surface area contributed by atoms with Gasteiger partial charge in [-0.15, -0.1) is 0 Å². The summed E-state index contributed by atoms with van der Waals surface area (Å²) in [5, 5.41) is 0. The van der Waals surface area contributed by atoms with Crippen LogP contribution in [0.4, 0.5) is 0 Å². The molecule has 0 saturated carbocycles. The number of likely N-dealkylation sites (tertiary alicyclic amines) is 1. The van der Waals surface area contributed by atoms with E-state index in [9.17, 15) is 4.79 Å². The summed E-state index contributed by atoms with van der Waals surface area (Å²) < 4.78 is 5.91. The molecule has 0 spiro atoms. The number of carbonyl (C=O) groups is 1. The Bertz CT molecular complexity index is 354. The molecule has 0 aliphatic carbocycles. The minimum Gasteiger partial charge on any atom is -0.444 e. The molecule has 16 heavy (non-hydrogen) atoms. The van der Waals surface area contributed by atoms with Crippen molar-refractivity contribution in [3.05, 3.63) is 22.6 Å². The molecule has 1 aliphatic heterocycles. The Morgan fingerprint density at radius 3 is 2.31 bits per heavy atom. The van der Waals surface area contributed by atoms with E-state index < -0.39 is 0 Å². The highest BCUT2D eigenvalue weighted by Crippen LogP contribution is 2.18. The lowest BCUT2D eigenvalue weighted by Gasteiger charge is -2.23. The van der Waals surface area contributed by atoms with Crippen molar-refractivity contribution in [1.82, 2.24) is 4.90 Å². The van der Waals surface area contributed by atoms with Crippen molar-refractivity contribution >= 4 is 21.8 Å². The van der Waals surface area contributed by atoms with E-state index in [0.29, 0.717) is 10.4 Å². The van der Waals surface area contributed by atoms with Crippen LogP contribution < -0.4 is 0 Å². The van der Waals surface area contributed by atoms with Crippen molar-refractivity contribution in [1.29, 1.82) is 0 Å². The smallest absolute Gasteiger partial charge is 0.289 e. The fourth-order valence-corrected chi connectivity index (χ4v) is 2.34. The summed E-state index contributed by atoms with van der Waals surface area (Å²) in [6, 6.07) is 3.49. The van der Waals surface area contributed by atoms with Crippen LogP contribution >= 0.6 is 15.9 Å². The predicted molar refractivity (Wildman–Crippen MR) is 65.4 cm³/mol. The third-order valence-corrected chi connectivity index (χ3v) is 3.35. The van der Waals surface area contributed by atoms with Crippen molar-refractivity contribution in [2.24, 2.45) is 0 Å². The van der Waals surface area contributed by atoms with Gasteiger partial charge in [0.05, 0.1) is 0 Å². The molecule has 0 aromatic carbocycles. The lowest BCUT2D eigenvalue weighted by atomic mass is 10.1. The van der Waals surface area contributed by atoms with Gasteiger partial charge in [-0.25, -0.2) is 0 Å². The monoisotopic (exact) mass is 285 g/mol. The highest BCUT2D eigenvalue weighted by molar-refractivity contribution is 9.10. The summed E-state index contributed by atoms with van der Waals surface area (Å²) in [6.45, 7) is 1.72. The largest absolute Gasteiger partial charge is 0.444 e. The second-order valence-corrected chi connectivity index (χ2v) is 4.95. The zero-order chi connectivity index (χ0) is 11.4. The van der Waals surface area contributed by atoms with Gasteiger partial charge in [0.2, 0.25) is 0 Å². The van der Waals surface area contributed by atoms with E-state index >= 15 is 0 Å². The minimum absolute atomic E-state index is 0.0209. The third-order valence-electron chi connectivity index (χ3n) is 2.93. The van der Waals surface area contributed by atoms with E-state index in [0.717, 1.165) is 25.9 Å². The van der Waals surface area contributed by atoms with Gasteiger partial charge in [0.25, 0.3) is 5.91 Å². The van der Waals surface area contributed by atoms with Crippen LogP contribution in [0.2, 0.25) is 0 Å². The van der Waals surface area contributed by atoms with Crippen LogP contribution in [0.5, 0.6) is 0 Å². The summed E-state index contributed by atoms with van der Waals surface area (Å²) in [4.78, 5) is 14.0. The summed E-state index contributed by atoms with van der Waals surface area (Å²) in [7, 11) is 0. The van der Waals surface area contributed by atoms with Gasteiger partial charge in [0, 0.05) is 13.1 Å². The lowest BCUT2D eigenvalue weighted by molar-refractivity contribution is 0.0709. The van der Waals surface area contributed by atoms with Crippen molar-refractivity contribution < 1.29 is 9.21 Å². The first-order chi connectivity index (χ1) is 7.77. The number of furan rings is 1. The Kier molecular flexibility index (Phi) is 4.04. The molecule has 1 aromatic heterocycles. The molecule has 4 heteroatoms. The second kappa shape index (κ2) is 5.53. The average molecular weight is 286 g/mol. The van der Waals surface area contributed by atoms with E-state index in [-0.39, 0.29) is 5.91 Å². The first-order valence-electron chi connectivity index (χ1n) is 5.82. The number of rotatable bonds is 1. The van der Waals surface area contributed by atoms with Crippen molar-refractivity contribution in [3.63, 3.8) is 0 Å². The van der Waals surface area contributed by atoms with Crippen LogP contribution in [-0.2, 0) is 0 Å². The molecule has 1 aromatic rings. The average Bonchev–Trinajstić information content (AvgIpc) is 2.63. The van der Waals surface area contributed by atoms with E-state index in [2.05, 4.69) is 15.9 Å². The Hall–Kier alpha value is -0.770. The Balaban J connectivity index is 2.01. The molecular formula is C12H16BrNO2. The Labute approximate surface area is 104 Å². The summed E-state index contributed by atoms with van der Waals surface area (Å²) in [6.07, 6.45) is 5.97. The zero-order valence-electron chi connectivity index (χ0n) is 9.25. The summed E-state index contributed by atoms with van der Waals surface area (Å²) >= 11 is 3.21. The van der Waals surface area contributed by atoms with Crippen molar-refractivity contribution in [2.45, 2.75) is 32.1 Å². The molecule has 1 fully saturated rings. The van der Waals surface area contributed by atoms with Crippen molar-refractivity contribution in [2.75, 3.05) is 13.1 Å². The standard InChI is InChI=1S/C12H16BrNO2/c13-11-7-6-10(16-11)12(15)14-8-4-2-1-3-5-9-14/h6-7H,1-5,8-9H2. The van der Waals surface area contributed by atoms with Crippen LogP contribution in [0.3, 0.4) is 0 Å². The lowest BCUT2D eigenvalue weighted by Crippen LogP contribution is -2.33. The molecule has 0 atom stereocenters. The summed E-state index contributed by atoms with van der Waals surface area (Å²) in [5.41, 5.74) is 0. The highest BCUT2D eigenvalue weighted by atomic mass is 79.9. The van der Waals surface area contributed by atoms with Crippen LogP contribution in [0.15, 0.2) is 21.2 Å². The fourth-order valence-electron chi connectivity index (χ4n) is 2.04.